The summed E-state index contributed by atoms with van der Waals surface area (Å²) in [5, 5.41) is 9.15. The molecule has 0 aliphatic carbocycles. The van der Waals surface area contributed by atoms with Crippen LogP contribution < -0.4 is 21.1 Å². The highest BCUT2D eigenvalue weighted by molar-refractivity contribution is 7.23. The van der Waals surface area contributed by atoms with Crippen molar-refractivity contribution in [3.63, 3.8) is 0 Å². The van der Waals surface area contributed by atoms with E-state index < -0.39 is 52.2 Å². The summed E-state index contributed by atoms with van der Waals surface area (Å²) in [5.74, 6) is -2.14. The van der Waals surface area contributed by atoms with Gasteiger partial charge in [-0.25, -0.2) is 18.2 Å². The summed E-state index contributed by atoms with van der Waals surface area (Å²) in [6.07, 6.45) is -2.98. The second-order valence-electron chi connectivity index (χ2n) is 12.7. The minimum Gasteiger partial charge on any atom is -0.461 e. The van der Waals surface area contributed by atoms with Crippen LogP contribution >= 0.6 is 11.3 Å². The van der Waals surface area contributed by atoms with Gasteiger partial charge in [-0.05, 0) is 50.1 Å². The molecule has 0 spiro atoms. The van der Waals surface area contributed by atoms with E-state index in [2.05, 4.69) is 15.0 Å². The zero-order valence-corrected chi connectivity index (χ0v) is 27.6. The van der Waals surface area contributed by atoms with E-state index in [1.165, 1.54) is 11.1 Å². The molecular formula is C34H30F6N8OS. The Morgan fingerprint density at radius 1 is 1.22 bits per heavy atom. The van der Waals surface area contributed by atoms with Gasteiger partial charge in [0.2, 0.25) is 0 Å². The van der Waals surface area contributed by atoms with E-state index in [1.807, 2.05) is 11.0 Å². The maximum Gasteiger partial charge on any atom is 0.417 e. The van der Waals surface area contributed by atoms with Crippen molar-refractivity contribution in [2.45, 2.75) is 50.1 Å². The van der Waals surface area contributed by atoms with E-state index in [9.17, 15) is 27.2 Å². The van der Waals surface area contributed by atoms with E-state index in [1.54, 1.807) is 26.1 Å². The standard InChI is InChI=1S/C34H30F6N8OS/c1-16(18-5-3-9-44-29(18)42)47(2)31-20-11-22(34(38,39)40)25(19-6-7-23(36)28-24(19)21(13-41)30(43)50-28)26(37)27(20)45-32(46-31)49-15-33-8-4-10-48(33)14-17(35)12-33/h3,5-7,9,11,16-17H,4,8,10,12,14-15,43H2,1-2H3,(H2,42,44)/t16?,17-,33+/m1/s1. The number of anilines is 3. The molecule has 2 saturated heterocycles. The molecule has 5 aromatic rings. The van der Waals surface area contributed by atoms with Crippen LogP contribution in [0.15, 0.2) is 36.5 Å². The van der Waals surface area contributed by atoms with Gasteiger partial charge in [-0.2, -0.15) is 28.4 Å². The van der Waals surface area contributed by atoms with Crippen LogP contribution in [0.1, 0.15) is 48.9 Å². The monoisotopic (exact) mass is 712 g/mol. The number of alkyl halides is 4. The summed E-state index contributed by atoms with van der Waals surface area (Å²) >= 11 is 0.677. The number of nitrogens with zero attached hydrogens (tertiary/aromatic N) is 6. The number of fused-ring (bicyclic) bond motifs is 3. The third-order valence-electron chi connectivity index (χ3n) is 9.86. The largest absolute Gasteiger partial charge is 0.461 e. The van der Waals surface area contributed by atoms with Crippen molar-refractivity contribution in [2.24, 2.45) is 0 Å². The lowest BCUT2D eigenvalue weighted by Gasteiger charge is -2.31. The van der Waals surface area contributed by atoms with Crippen molar-refractivity contribution in [3.8, 4) is 23.2 Å². The first-order valence-electron chi connectivity index (χ1n) is 15.7. The number of benzene rings is 2. The van der Waals surface area contributed by atoms with Crippen molar-refractivity contribution in [1.82, 2.24) is 19.9 Å². The molecule has 1 unspecified atom stereocenters. The summed E-state index contributed by atoms with van der Waals surface area (Å²) in [5.41, 5.74) is 8.48. The Bertz CT molecular complexity index is 2200. The maximum absolute atomic E-state index is 17.1. The molecule has 2 aliphatic rings. The minimum absolute atomic E-state index is 0.0272. The van der Waals surface area contributed by atoms with Crippen LogP contribution in [0.4, 0.5) is 43.0 Å². The summed E-state index contributed by atoms with van der Waals surface area (Å²) in [7, 11) is 1.56. The molecule has 7 rings (SSSR count). The Morgan fingerprint density at radius 3 is 2.72 bits per heavy atom. The third-order valence-corrected chi connectivity index (χ3v) is 10.9. The fourth-order valence-corrected chi connectivity index (χ4v) is 8.29. The van der Waals surface area contributed by atoms with Crippen LogP contribution in [0.5, 0.6) is 6.01 Å². The Hall–Kier alpha value is -4.88. The third kappa shape index (κ3) is 5.39. The number of thiophene rings is 1. The first kappa shape index (κ1) is 33.6. The molecule has 0 amide bonds. The summed E-state index contributed by atoms with van der Waals surface area (Å²) < 4.78 is 97.3. The van der Waals surface area contributed by atoms with Gasteiger partial charge in [-0.15, -0.1) is 11.3 Å². The lowest BCUT2D eigenvalue weighted by atomic mass is 9.92. The predicted octanol–water partition coefficient (Wildman–Crippen LogP) is 7.39. The molecule has 2 fully saturated rings. The van der Waals surface area contributed by atoms with Gasteiger partial charge in [0.05, 0.1) is 27.4 Å². The quantitative estimate of drug-likeness (QED) is 0.166. The molecule has 2 aromatic carbocycles. The van der Waals surface area contributed by atoms with Gasteiger partial charge in [0.25, 0.3) is 0 Å². The Balaban J connectivity index is 1.47. The van der Waals surface area contributed by atoms with E-state index >= 15 is 4.39 Å². The van der Waals surface area contributed by atoms with Crippen LogP contribution in [-0.4, -0.2) is 58.3 Å². The smallest absolute Gasteiger partial charge is 0.417 e. The normalized spacial score (nSPS) is 19.9. The first-order chi connectivity index (χ1) is 23.7. The molecule has 3 aromatic heterocycles. The summed E-state index contributed by atoms with van der Waals surface area (Å²) in [6.45, 7) is 2.64. The zero-order chi connectivity index (χ0) is 35.7. The molecule has 0 radical (unpaired) electrons. The predicted molar refractivity (Wildman–Crippen MR) is 178 cm³/mol. The molecule has 2 aliphatic heterocycles. The van der Waals surface area contributed by atoms with Crippen LogP contribution in [-0.2, 0) is 6.18 Å². The maximum atomic E-state index is 17.1. The lowest BCUT2D eigenvalue weighted by molar-refractivity contribution is -0.137. The summed E-state index contributed by atoms with van der Waals surface area (Å²) in [4.78, 5) is 16.4. The molecule has 3 atom stereocenters. The average molecular weight is 713 g/mol. The van der Waals surface area contributed by atoms with Crippen molar-refractivity contribution < 1.29 is 31.1 Å². The highest BCUT2D eigenvalue weighted by Crippen LogP contribution is 2.48. The average Bonchev–Trinajstić information content (AvgIpc) is 3.72. The molecule has 4 N–H and O–H groups in total. The molecular weight excluding hydrogens is 682 g/mol. The number of nitriles is 1. The van der Waals surface area contributed by atoms with E-state index in [0.29, 0.717) is 29.9 Å². The number of aromatic nitrogens is 3. The number of nitrogens with two attached hydrogens (primary N) is 2. The van der Waals surface area contributed by atoms with Gasteiger partial charge in [0.15, 0.2) is 5.82 Å². The number of nitrogen functional groups attached to an aromatic ring is 2. The molecule has 16 heteroatoms. The fourth-order valence-electron chi connectivity index (χ4n) is 7.34. The fraction of sp³-hybridized carbons (Fsp3) is 0.353. The van der Waals surface area contributed by atoms with Gasteiger partial charge in [0.1, 0.15) is 46.8 Å². The van der Waals surface area contributed by atoms with Crippen molar-refractivity contribution in [3.05, 3.63) is 64.9 Å². The second kappa shape index (κ2) is 12.2. The number of pyridine rings is 1. The highest BCUT2D eigenvalue weighted by Gasteiger charge is 2.49. The van der Waals surface area contributed by atoms with Crippen LogP contribution in [0.3, 0.4) is 0 Å². The van der Waals surface area contributed by atoms with Crippen molar-refractivity contribution >= 4 is 49.0 Å². The molecule has 50 heavy (non-hydrogen) atoms. The molecule has 0 saturated carbocycles. The topological polar surface area (TPSA) is 130 Å². The number of hydrogen-bond acceptors (Lipinski definition) is 10. The number of halogens is 6. The molecule has 0 bridgehead atoms. The highest BCUT2D eigenvalue weighted by atomic mass is 32.1. The SMILES string of the molecule is CC(c1cccnc1N)N(C)c1nc(OC[C@@]23CCCN2C[C@H](F)C3)nc2c(F)c(-c3ccc(F)c4sc(N)c(C#N)c34)c(C(F)(F)F)cc12. The molecule has 9 nitrogen and oxygen atoms in total. The number of hydrogen-bond donors (Lipinski definition) is 2. The molecule has 5 heterocycles. The van der Waals surface area contributed by atoms with Gasteiger partial charge in [-0.3, -0.25) is 4.90 Å². The van der Waals surface area contributed by atoms with Crippen LogP contribution in [0.2, 0.25) is 0 Å². The van der Waals surface area contributed by atoms with Crippen molar-refractivity contribution in [1.29, 1.82) is 5.26 Å². The lowest BCUT2D eigenvalue weighted by Crippen LogP contribution is -2.43. The van der Waals surface area contributed by atoms with E-state index in [-0.39, 0.29) is 68.8 Å². The van der Waals surface area contributed by atoms with Crippen molar-refractivity contribution in [2.75, 3.05) is 43.1 Å². The molecule has 260 valence electrons. The van der Waals surface area contributed by atoms with E-state index in [4.69, 9.17) is 16.2 Å². The van der Waals surface area contributed by atoms with Gasteiger partial charge < -0.3 is 21.1 Å². The van der Waals surface area contributed by atoms with Gasteiger partial charge in [-0.1, -0.05) is 12.1 Å². The summed E-state index contributed by atoms with van der Waals surface area (Å²) in [6, 6.07) is 6.84. The zero-order valence-electron chi connectivity index (χ0n) is 26.8. The number of rotatable bonds is 7. The van der Waals surface area contributed by atoms with Crippen LogP contribution in [0.25, 0.3) is 32.1 Å². The Kier molecular flexibility index (Phi) is 8.18. The Labute approximate surface area is 286 Å². The van der Waals surface area contributed by atoms with Crippen LogP contribution in [0, 0.1) is 23.0 Å². The Morgan fingerprint density at radius 2 is 2.00 bits per heavy atom. The van der Waals surface area contributed by atoms with Gasteiger partial charge >= 0.3 is 12.2 Å². The first-order valence-corrected chi connectivity index (χ1v) is 16.5. The second-order valence-corrected chi connectivity index (χ2v) is 13.8. The number of ether oxygens (including phenoxy) is 1. The van der Waals surface area contributed by atoms with E-state index in [0.717, 1.165) is 24.6 Å². The minimum atomic E-state index is -5.12. The van der Waals surface area contributed by atoms with Gasteiger partial charge in [0, 0.05) is 48.1 Å².